The van der Waals surface area contributed by atoms with Gasteiger partial charge in [0, 0.05) is 23.7 Å². The van der Waals surface area contributed by atoms with Crippen LogP contribution < -0.4 is 9.46 Å². The van der Waals surface area contributed by atoms with Gasteiger partial charge in [-0.15, -0.1) is 0 Å². The number of anilines is 1. The van der Waals surface area contributed by atoms with E-state index >= 15 is 0 Å². The van der Waals surface area contributed by atoms with E-state index in [0.717, 1.165) is 6.42 Å². The van der Waals surface area contributed by atoms with E-state index in [4.69, 9.17) is 16.3 Å². The average molecular weight is 439 g/mol. The zero-order valence-electron chi connectivity index (χ0n) is 17.3. The van der Waals surface area contributed by atoms with Crippen LogP contribution in [0.3, 0.4) is 0 Å². The first-order valence-corrected chi connectivity index (χ1v) is 11.1. The molecule has 0 saturated carbocycles. The largest absolute Gasteiger partial charge is 0.495 e. The first kappa shape index (κ1) is 23.0. The Labute approximate surface area is 177 Å². The molecule has 1 N–H and O–H groups in total. The quantitative estimate of drug-likeness (QED) is 0.650. The molecule has 1 unspecified atom stereocenters. The van der Waals surface area contributed by atoms with Crippen LogP contribution >= 0.6 is 11.6 Å². The molecular weight excluding hydrogens is 412 g/mol. The number of halogens is 1. The summed E-state index contributed by atoms with van der Waals surface area (Å²) in [6.07, 6.45) is 0.857. The Balaban J connectivity index is 2.30. The minimum Gasteiger partial charge on any atom is -0.495 e. The minimum atomic E-state index is -3.94. The van der Waals surface area contributed by atoms with E-state index < -0.39 is 10.0 Å². The van der Waals surface area contributed by atoms with Crippen molar-refractivity contribution in [3.05, 3.63) is 53.1 Å². The lowest BCUT2D eigenvalue weighted by Gasteiger charge is -2.26. The molecule has 29 heavy (non-hydrogen) atoms. The smallest absolute Gasteiger partial charge is 0.262 e. The number of nitrogens with zero attached hydrogens (tertiary/aromatic N) is 1. The number of carbonyl (C=O) groups is 1. The van der Waals surface area contributed by atoms with Crippen molar-refractivity contribution >= 4 is 33.2 Å². The number of hydrogen-bond acceptors (Lipinski definition) is 4. The van der Waals surface area contributed by atoms with Gasteiger partial charge >= 0.3 is 0 Å². The number of sulfonamides is 1. The van der Waals surface area contributed by atoms with Crippen LogP contribution in [0.1, 0.15) is 37.6 Å². The van der Waals surface area contributed by atoms with Gasteiger partial charge in [0.25, 0.3) is 15.9 Å². The van der Waals surface area contributed by atoms with Crippen LogP contribution in [-0.4, -0.2) is 39.4 Å². The summed E-state index contributed by atoms with van der Waals surface area (Å²) >= 11 is 5.98. The minimum absolute atomic E-state index is 0.0182. The summed E-state index contributed by atoms with van der Waals surface area (Å²) in [5.74, 6) is 0.562. The molecule has 0 spiro atoms. The molecule has 0 saturated heterocycles. The van der Waals surface area contributed by atoms with Gasteiger partial charge < -0.3 is 9.64 Å². The third-order valence-corrected chi connectivity index (χ3v) is 6.19. The predicted molar refractivity (Wildman–Crippen MR) is 116 cm³/mol. The van der Waals surface area contributed by atoms with Gasteiger partial charge in [0.1, 0.15) is 5.75 Å². The van der Waals surface area contributed by atoms with E-state index in [9.17, 15) is 13.2 Å². The monoisotopic (exact) mass is 438 g/mol. The standard InChI is InChI=1S/C21H27ClN2O4S/c1-14(2)11-15(3)24(4)21(25)16-7-6-8-18(12-16)29(26,27)23-19-13-17(22)9-10-20(19)28-5/h6-10,12-15,23H,11H2,1-5H3. The molecule has 0 fully saturated rings. The third-order valence-electron chi connectivity index (χ3n) is 4.59. The first-order valence-electron chi connectivity index (χ1n) is 9.28. The maximum Gasteiger partial charge on any atom is 0.262 e. The molecular formula is C21H27ClN2O4S. The third kappa shape index (κ3) is 5.87. The summed E-state index contributed by atoms with van der Waals surface area (Å²) in [6, 6.07) is 10.7. The lowest BCUT2D eigenvalue weighted by Crippen LogP contribution is -2.36. The Hall–Kier alpha value is -2.25. The van der Waals surface area contributed by atoms with Crippen molar-refractivity contribution in [2.75, 3.05) is 18.9 Å². The van der Waals surface area contributed by atoms with Gasteiger partial charge in [0.15, 0.2) is 0 Å². The highest BCUT2D eigenvalue weighted by atomic mass is 35.5. The van der Waals surface area contributed by atoms with Crippen LogP contribution in [0, 0.1) is 5.92 Å². The van der Waals surface area contributed by atoms with Crippen LogP contribution in [0.2, 0.25) is 5.02 Å². The molecule has 1 atom stereocenters. The van der Waals surface area contributed by atoms with Crippen molar-refractivity contribution in [3.63, 3.8) is 0 Å². The summed E-state index contributed by atoms with van der Waals surface area (Å²) in [7, 11) is -0.776. The maximum atomic E-state index is 12.9. The number of nitrogens with one attached hydrogen (secondary N) is 1. The topological polar surface area (TPSA) is 75.7 Å². The highest BCUT2D eigenvalue weighted by Crippen LogP contribution is 2.30. The molecule has 0 aromatic heterocycles. The Morgan fingerprint density at radius 3 is 2.48 bits per heavy atom. The number of carbonyl (C=O) groups excluding carboxylic acids is 1. The van der Waals surface area contributed by atoms with Gasteiger partial charge in [-0.1, -0.05) is 31.5 Å². The fraction of sp³-hybridized carbons (Fsp3) is 0.381. The number of rotatable bonds is 8. The lowest BCUT2D eigenvalue weighted by molar-refractivity contribution is 0.0728. The van der Waals surface area contributed by atoms with Crippen molar-refractivity contribution in [1.82, 2.24) is 4.90 Å². The van der Waals surface area contributed by atoms with Gasteiger partial charge in [-0.3, -0.25) is 9.52 Å². The van der Waals surface area contributed by atoms with Gasteiger partial charge in [-0.05, 0) is 55.7 Å². The number of ether oxygens (including phenoxy) is 1. The fourth-order valence-corrected chi connectivity index (χ4v) is 4.28. The Morgan fingerprint density at radius 2 is 1.86 bits per heavy atom. The van der Waals surface area contributed by atoms with E-state index in [1.807, 2.05) is 6.92 Å². The number of hydrogen-bond donors (Lipinski definition) is 1. The van der Waals surface area contributed by atoms with Crippen LogP contribution in [-0.2, 0) is 10.0 Å². The summed E-state index contributed by atoms with van der Waals surface area (Å²) in [4.78, 5) is 14.4. The molecule has 0 heterocycles. The van der Waals surface area contributed by atoms with Crippen molar-refractivity contribution in [1.29, 1.82) is 0 Å². The second-order valence-electron chi connectivity index (χ2n) is 7.37. The number of amides is 1. The SMILES string of the molecule is COc1ccc(Cl)cc1NS(=O)(=O)c1cccc(C(=O)N(C)C(C)CC(C)C)c1. The van der Waals surface area contributed by atoms with Crippen LogP contribution in [0.25, 0.3) is 0 Å². The van der Waals surface area contributed by atoms with Gasteiger partial charge in [0.05, 0.1) is 17.7 Å². The predicted octanol–water partition coefficient (Wildman–Crippen LogP) is 4.66. The summed E-state index contributed by atoms with van der Waals surface area (Å²) in [6.45, 7) is 6.17. The zero-order chi connectivity index (χ0) is 21.8. The van der Waals surface area contributed by atoms with Gasteiger partial charge in [-0.2, -0.15) is 0 Å². The Bertz CT molecular complexity index is 976. The van der Waals surface area contributed by atoms with Crippen LogP contribution in [0.15, 0.2) is 47.4 Å². The molecule has 0 aliphatic rings. The second kappa shape index (κ2) is 9.50. The molecule has 8 heteroatoms. The fourth-order valence-electron chi connectivity index (χ4n) is 3.00. The highest BCUT2D eigenvalue weighted by molar-refractivity contribution is 7.92. The van der Waals surface area contributed by atoms with E-state index in [1.54, 1.807) is 36.2 Å². The molecule has 2 rings (SSSR count). The van der Waals surface area contributed by atoms with Gasteiger partial charge in [0.2, 0.25) is 0 Å². The molecule has 2 aromatic rings. The summed E-state index contributed by atoms with van der Waals surface area (Å²) < 4.78 is 33.4. The Morgan fingerprint density at radius 1 is 1.17 bits per heavy atom. The van der Waals surface area contributed by atoms with Crippen molar-refractivity contribution < 1.29 is 17.9 Å². The van der Waals surface area contributed by atoms with E-state index in [-0.39, 0.29) is 22.5 Å². The van der Waals surface area contributed by atoms with Crippen molar-refractivity contribution in [2.24, 2.45) is 5.92 Å². The molecule has 0 aliphatic heterocycles. The summed E-state index contributed by atoms with van der Waals surface area (Å²) in [5, 5.41) is 0.369. The number of benzene rings is 2. The second-order valence-corrected chi connectivity index (χ2v) is 9.49. The maximum absolute atomic E-state index is 12.9. The summed E-state index contributed by atoms with van der Waals surface area (Å²) in [5.41, 5.74) is 0.531. The Kier molecular flexibility index (Phi) is 7.54. The van der Waals surface area contributed by atoms with Crippen LogP contribution in [0.4, 0.5) is 5.69 Å². The number of methoxy groups -OCH3 is 1. The first-order chi connectivity index (χ1) is 13.5. The van der Waals surface area contributed by atoms with E-state index in [0.29, 0.717) is 22.3 Å². The van der Waals surface area contributed by atoms with Crippen molar-refractivity contribution in [3.8, 4) is 5.75 Å². The molecule has 6 nitrogen and oxygen atoms in total. The average Bonchev–Trinajstić information content (AvgIpc) is 2.66. The molecule has 1 amide bonds. The van der Waals surface area contributed by atoms with Gasteiger partial charge in [-0.25, -0.2) is 8.42 Å². The van der Waals surface area contributed by atoms with E-state index in [1.165, 1.54) is 25.3 Å². The molecule has 0 bridgehead atoms. The molecule has 2 aromatic carbocycles. The van der Waals surface area contributed by atoms with E-state index in [2.05, 4.69) is 18.6 Å². The molecule has 0 radical (unpaired) electrons. The normalized spacial score (nSPS) is 12.5. The van der Waals surface area contributed by atoms with Crippen LogP contribution in [0.5, 0.6) is 5.75 Å². The van der Waals surface area contributed by atoms with Crippen molar-refractivity contribution in [2.45, 2.75) is 38.1 Å². The molecule has 0 aliphatic carbocycles. The zero-order valence-corrected chi connectivity index (χ0v) is 18.8. The lowest BCUT2D eigenvalue weighted by atomic mass is 10.0. The molecule has 158 valence electrons. The highest BCUT2D eigenvalue weighted by Gasteiger charge is 2.22.